The van der Waals surface area contributed by atoms with Crippen LogP contribution in [0.4, 0.5) is 0 Å². The Labute approximate surface area is 116 Å². The molecule has 106 valence electrons. The fraction of sp³-hybridized carbons (Fsp3) is 0.562. The van der Waals surface area contributed by atoms with Gasteiger partial charge in [0.1, 0.15) is 0 Å². The molecule has 0 aliphatic heterocycles. The summed E-state index contributed by atoms with van der Waals surface area (Å²) >= 11 is 0. The Morgan fingerprint density at radius 1 is 1.11 bits per heavy atom. The number of hydrogen-bond acceptors (Lipinski definition) is 2. The molecule has 0 aliphatic rings. The third-order valence-electron chi connectivity index (χ3n) is 3.41. The fourth-order valence-corrected chi connectivity index (χ4v) is 1.72. The van der Waals surface area contributed by atoms with Crippen molar-refractivity contribution in [3.63, 3.8) is 0 Å². The van der Waals surface area contributed by atoms with Gasteiger partial charge in [0.2, 0.25) is 5.91 Å². The van der Waals surface area contributed by atoms with Crippen molar-refractivity contribution in [1.29, 1.82) is 0 Å². The van der Waals surface area contributed by atoms with Gasteiger partial charge in [-0.3, -0.25) is 4.79 Å². The second-order valence-electron chi connectivity index (χ2n) is 5.56. The highest BCUT2D eigenvalue weighted by molar-refractivity contribution is 5.78. The fourth-order valence-electron chi connectivity index (χ4n) is 1.72. The van der Waals surface area contributed by atoms with E-state index in [4.69, 9.17) is 0 Å². The van der Waals surface area contributed by atoms with Crippen LogP contribution in [0.5, 0.6) is 0 Å². The van der Waals surface area contributed by atoms with Crippen LogP contribution in [0.1, 0.15) is 45.2 Å². The van der Waals surface area contributed by atoms with Crippen molar-refractivity contribution >= 4 is 5.91 Å². The molecule has 0 radical (unpaired) electrons. The van der Waals surface area contributed by atoms with Crippen LogP contribution < -0.4 is 10.6 Å². The van der Waals surface area contributed by atoms with Crippen molar-refractivity contribution < 1.29 is 4.79 Å². The van der Waals surface area contributed by atoms with Crippen LogP contribution in [0.25, 0.3) is 0 Å². The second-order valence-corrected chi connectivity index (χ2v) is 5.56. The maximum absolute atomic E-state index is 11.7. The van der Waals surface area contributed by atoms with Gasteiger partial charge in [-0.2, -0.15) is 0 Å². The zero-order chi connectivity index (χ0) is 14.3. The maximum atomic E-state index is 11.7. The number of nitrogens with one attached hydrogen (secondary N) is 2. The van der Waals surface area contributed by atoms with E-state index in [0.29, 0.717) is 6.54 Å². The number of carbonyl (C=O) groups is 1. The molecule has 0 spiro atoms. The van der Waals surface area contributed by atoms with Crippen LogP contribution in [0.2, 0.25) is 0 Å². The van der Waals surface area contributed by atoms with E-state index in [2.05, 4.69) is 48.7 Å². The first-order valence-corrected chi connectivity index (χ1v) is 7.06. The average Bonchev–Trinajstić information content (AvgIpc) is 2.39. The lowest BCUT2D eigenvalue weighted by Crippen LogP contribution is -2.46. The van der Waals surface area contributed by atoms with Gasteiger partial charge >= 0.3 is 0 Å². The highest BCUT2D eigenvalue weighted by atomic mass is 16.2. The zero-order valence-corrected chi connectivity index (χ0v) is 12.5. The quantitative estimate of drug-likeness (QED) is 0.793. The summed E-state index contributed by atoms with van der Waals surface area (Å²) in [5.41, 5.74) is 2.42. The number of rotatable bonds is 7. The average molecular weight is 262 g/mol. The Morgan fingerprint density at radius 2 is 1.68 bits per heavy atom. The summed E-state index contributed by atoms with van der Waals surface area (Å²) in [7, 11) is 0. The van der Waals surface area contributed by atoms with E-state index in [-0.39, 0.29) is 11.4 Å². The standard InChI is InChI=1S/C16H26N2O/c1-5-13-7-9-14(10-8-13)11-17-12-15(19)18-16(3,4)6-2/h7-10,17H,5-6,11-12H2,1-4H3,(H,18,19). The van der Waals surface area contributed by atoms with Gasteiger partial charge in [-0.1, -0.05) is 38.1 Å². The van der Waals surface area contributed by atoms with Crippen LogP contribution in [-0.2, 0) is 17.8 Å². The summed E-state index contributed by atoms with van der Waals surface area (Å²) in [5.74, 6) is 0.0528. The van der Waals surface area contributed by atoms with Gasteiger partial charge in [-0.25, -0.2) is 0 Å². The molecular formula is C16H26N2O. The molecule has 0 saturated heterocycles. The molecule has 0 aromatic heterocycles. The molecule has 1 aromatic rings. The molecular weight excluding hydrogens is 236 g/mol. The smallest absolute Gasteiger partial charge is 0.234 e. The Morgan fingerprint density at radius 3 is 2.21 bits per heavy atom. The van der Waals surface area contributed by atoms with E-state index in [1.807, 2.05) is 13.8 Å². The van der Waals surface area contributed by atoms with Crippen molar-refractivity contribution in [2.24, 2.45) is 0 Å². The molecule has 1 aromatic carbocycles. The lowest BCUT2D eigenvalue weighted by Gasteiger charge is -2.24. The highest BCUT2D eigenvalue weighted by Crippen LogP contribution is 2.06. The third-order valence-corrected chi connectivity index (χ3v) is 3.41. The minimum atomic E-state index is -0.123. The Balaban J connectivity index is 2.31. The molecule has 0 bridgehead atoms. The van der Waals surface area contributed by atoms with E-state index in [9.17, 15) is 4.79 Å². The number of amides is 1. The Kier molecular flexibility index (Phi) is 6.03. The lowest BCUT2D eigenvalue weighted by atomic mass is 10.0. The molecule has 0 heterocycles. The predicted molar refractivity (Wildman–Crippen MR) is 80.0 cm³/mol. The van der Waals surface area contributed by atoms with Crippen LogP contribution >= 0.6 is 0 Å². The van der Waals surface area contributed by atoms with Crippen LogP contribution in [0, 0.1) is 0 Å². The first-order valence-electron chi connectivity index (χ1n) is 7.06. The van der Waals surface area contributed by atoms with E-state index in [0.717, 1.165) is 19.4 Å². The lowest BCUT2D eigenvalue weighted by molar-refractivity contribution is -0.121. The SMILES string of the molecule is CCc1ccc(CNCC(=O)NC(C)(C)CC)cc1. The van der Waals surface area contributed by atoms with Gasteiger partial charge in [0, 0.05) is 12.1 Å². The zero-order valence-electron chi connectivity index (χ0n) is 12.5. The van der Waals surface area contributed by atoms with Crippen molar-refractivity contribution in [2.45, 2.75) is 52.6 Å². The molecule has 0 atom stereocenters. The van der Waals surface area contributed by atoms with E-state index in [1.165, 1.54) is 11.1 Å². The maximum Gasteiger partial charge on any atom is 0.234 e. The first-order chi connectivity index (χ1) is 8.96. The van der Waals surface area contributed by atoms with Crippen LogP contribution in [-0.4, -0.2) is 18.0 Å². The van der Waals surface area contributed by atoms with Gasteiger partial charge in [-0.15, -0.1) is 0 Å². The molecule has 3 heteroatoms. The first kappa shape index (κ1) is 15.7. The van der Waals surface area contributed by atoms with E-state index in [1.54, 1.807) is 0 Å². The molecule has 1 amide bonds. The topological polar surface area (TPSA) is 41.1 Å². The summed E-state index contributed by atoms with van der Waals surface area (Å²) in [6.45, 7) is 9.38. The Bertz CT molecular complexity index is 396. The largest absolute Gasteiger partial charge is 0.350 e. The van der Waals surface area contributed by atoms with Crippen molar-refractivity contribution in [3.8, 4) is 0 Å². The number of carbonyl (C=O) groups excluding carboxylic acids is 1. The Hall–Kier alpha value is -1.35. The van der Waals surface area contributed by atoms with Gasteiger partial charge in [-0.05, 0) is 37.8 Å². The molecule has 19 heavy (non-hydrogen) atoms. The van der Waals surface area contributed by atoms with Gasteiger partial charge in [0.05, 0.1) is 6.54 Å². The van der Waals surface area contributed by atoms with Gasteiger partial charge in [0.25, 0.3) is 0 Å². The molecule has 0 unspecified atom stereocenters. The van der Waals surface area contributed by atoms with Crippen LogP contribution in [0.15, 0.2) is 24.3 Å². The van der Waals surface area contributed by atoms with Crippen LogP contribution in [0.3, 0.4) is 0 Å². The molecule has 0 fully saturated rings. The molecule has 2 N–H and O–H groups in total. The molecule has 0 saturated carbocycles. The summed E-state index contributed by atoms with van der Waals surface area (Å²) in [5, 5.41) is 6.18. The highest BCUT2D eigenvalue weighted by Gasteiger charge is 2.16. The van der Waals surface area contributed by atoms with Gasteiger partial charge < -0.3 is 10.6 Å². The van der Waals surface area contributed by atoms with Crippen molar-refractivity contribution in [1.82, 2.24) is 10.6 Å². The second kappa shape index (κ2) is 7.29. The summed E-state index contributed by atoms with van der Waals surface area (Å²) < 4.78 is 0. The predicted octanol–water partition coefficient (Wildman–Crippen LogP) is 2.64. The number of aryl methyl sites for hydroxylation is 1. The molecule has 3 nitrogen and oxygen atoms in total. The summed E-state index contributed by atoms with van der Waals surface area (Å²) in [4.78, 5) is 11.7. The molecule has 0 aliphatic carbocycles. The third kappa shape index (κ3) is 5.88. The number of benzene rings is 1. The van der Waals surface area contributed by atoms with Crippen molar-refractivity contribution in [3.05, 3.63) is 35.4 Å². The normalized spacial score (nSPS) is 11.4. The monoisotopic (exact) mass is 262 g/mol. The summed E-state index contributed by atoms with van der Waals surface area (Å²) in [6, 6.07) is 8.49. The van der Waals surface area contributed by atoms with Gasteiger partial charge in [0.15, 0.2) is 0 Å². The molecule has 1 rings (SSSR count). The van der Waals surface area contributed by atoms with Crippen molar-refractivity contribution in [2.75, 3.05) is 6.54 Å². The van der Waals surface area contributed by atoms with E-state index >= 15 is 0 Å². The minimum Gasteiger partial charge on any atom is -0.350 e. The number of hydrogen-bond donors (Lipinski definition) is 2. The summed E-state index contributed by atoms with van der Waals surface area (Å²) in [6.07, 6.45) is 1.99. The minimum absolute atomic E-state index is 0.0528. The van der Waals surface area contributed by atoms with E-state index < -0.39 is 0 Å².